The fourth-order valence-electron chi connectivity index (χ4n) is 1.44. The molecule has 0 saturated carbocycles. The van der Waals surface area contributed by atoms with Crippen LogP contribution in [0, 0.1) is 0 Å². The molecule has 1 aromatic carbocycles. The predicted octanol–water partition coefficient (Wildman–Crippen LogP) is 1.49. The maximum absolute atomic E-state index is 12.0. The number of sulfonamides is 1. The van der Waals surface area contributed by atoms with E-state index in [1.54, 1.807) is 24.3 Å². The zero-order valence-corrected chi connectivity index (χ0v) is 12.3. The van der Waals surface area contributed by atoms with E-state index >= 15 is 0 Å². The molecule has 0 atom stereocenters. The Balaban J connectivity index is 1.97. The summed E-state index contributed by atoms with van der Waals surface area (Å²) in [5.74, 6) is 0.400. The van der Waals surface area contributed by atoms with Gasteiger partial charge in [-0.25, -0.2) is 13.1 Å². The molecule has 8 heteroatoms. The maximum Gasteiger partial charge on any atom is 0.240 e. The third kappa shape index (κ3) is 3.85. The molecule has 2 rings (SSSR count). The van der Waals surface area contributed by atoms with Crippen molar-refractivity contribution in [1.82, 2.24) is 14.9 Å². The van der Waals surface area contributed by atoms with Crippen molar-refractivity contribution in [2.75, 3.05) is 6.54 Å². The molecule has 0 aliphatic heterocycles. The summed E-state index contributed by atoms with van der Waals surface area (Å²) in [5.41, 5.74) is 1.02. The molecule has 0 unspecified atom stereocenters. The van der Waals surface area contributed by atoms with Gasteiger partial charge in [0, 0.05) is 18.3 Å². The zero-order valence-electron chi connectivity index (χ0n) is 9.91. The van der Waals surface area contributed by atoms with Crippen LogP contribution in [0.4, 0.5) is 0 Å². The smallest absolute Gasteiger partial charge is 0.240 e. The lowest BCUT2D eigenvalue weighted by Gasteiger charge is -2.06. The number of alkyl halides is 1. The number of hydrogen-bond donors (Lipinski definition) is 1. The molecule has 19 heavy (non-hydrogen) atoms. The van der Waals surface area contributed by atoms with Crippen molar-refractivity contribution in [1.29, 1.82) is 0 Å². The molecule has 1 aromatic heterocycles. The Morgan fingerprint density at radius 3 is 2.58 bits per heavy atom. The van der Waals surface area contributed by atoms with Crippen LogP contribution in [0.5, 0.6) is 0 Å². The minimum Gasteiger partial charge on any atom is -0.340 e. The second-order valence-electron chi connectivity index (χ2n) is 3.76. The van der Waals surface area contributed by atoms with Crippen molar-refractivity contribution in [3.63, 3.8) is 0 Å². The van der Waals surface area contributed by atoms with E-state index in [1.165, 1.54) is 6.33 Å². The summed E-state index contributed by atoms with van der Waals surface area (Å²) in [5, 5.41) is 4.14. The third-order valence-electron chi connectivity index (χ3n) is 2.43. The van der Waals surface area contributed by atoms with Gasteiger partial charge in [-0.05, 0) is 17.7 Å². The number of benzene rings is 1. The minimum atomic E-state index is -3.49. The van der Waals surface area contributed by atoms with Crippen molar-refractivity contribution in [3.05, 3.63) is 42.0 Å². The van der Waals surface area contributed by atoms with Crippen molar-refractivity contribution in [3.8, 4) is 0 Å². The molecule has 0 radical (unpaired) electrons. The highest BCUT2D eigenvalue weighted by Crippen LogP contribution is 2.12. The molecule has 0 bridgehead atoms. The SMILES string of the molecule is O=S(=O)(NCCc1ncno1)c1ccc(CBr)cc1. The van der Waals surface area contributed by atoms with E-state index in [0.717, 1.165) is 5.56 Å². The van der Waals surface area contributed by atoms with E-state index < -0.39 is 10.0 Å². The van der Waals surface area contributed by atoms with E-state index in [-0.39, 0.29) is 11.4 Å². The van der Waals surface area contributed by atoms with Gasteiger partial charge in [0.15, 0.2) is 6.33 Å². The van der Waals surface area contributed by atoms with Crippen molar-refractivity contribution < 1.29 is 12.9 Å². The molecule has 2 aromatic rings. The van der Waals surface area contributed by atoms with Crippen LogP contribution in [0.15, 0.2) is 40.0 Å². The number of aromatic nitrogens is 2. The zero-order chi connectivity index (χ0) is 13.7. The fraction of sp³-hybridized carbons (Fsp3) is 0.273. The molecular weight excluding hydrogens is 334 g/mol. The Morgan fingerprint density at radius 2 is 2.00 bits per heavy atom. The average Bonchev–Trinajstić information content (AvgIpc) is 2.92. The van der Waals surface area contributed by atoms with Crippen LogP contribution in [0.25, 0.3) is 0 Å². The van der Waals surface area contributed by atoms with E-state index in [1.807, 2.05) is 0 Å². The van der Waals surface area contributed by atoms with Gasteiger partial charge in [0.25, 0.3) is 0 Å². The first-order chi connectivity index (χ1) is 9.12. The first-order valence-corrected chi connectivity index (χ1v) is 8.12. The second kappa shape index (κ2) is 6.27. The minimum absolute atomic E-state index is 0.213. The van der Waals surface area contributed by atoms with Crippen molar-refractivity contribution in [2.24, 2.45) is 0 Å². The normalized spacial score (nSPS) is 11.6. The number of rotatable bonds is 6. The lowest BCUT2D eigenvalue weighted by molar-refractivity contribution is 0.377. The van der Waals surface area contributed by atoms with E-state index in [0.29, 0.717) is 17.6 Å². The standard InChI is InChI=1S/C11H12BrN3O3S/c12-7-9-1-3-10(4-2-9)19(16,17)15-6-5-11-13-8-14-18-11/h1-4,8,15H,5-7H2. The summed E-state index contributed by atoms with van der Waals surface area (Å²) in [6.45, 7) is 0.213. The van der Waals surface area contributed by atoms with E-state index in [2.05, 4.69) is 30.8 Å². The average molecular weight is 346 g/mol. The fourth-order valence-corrected chi connectivity index (χ4v) is 2.85. The van der Waals surface area contributed by atoms with E-state index in [9.17, 15) is 8.42 Å². The summed E-state index contributed by atoms with van der Waals surface area (Å²) >= 11 is 3.31. The van der Waals surface area contributed by atoms with Crippen LogP contribution < -0.4 is 4.72 Å². The van der Waals surface area contributed by atoms with Gasteiger partial charge in [0.05, 0.1) is 4.90 Å². The quantitative estimate of drug-likeness (QED) is 0.801. The van der Waals surface area contributed by atoms with Gasteiger partial charge in [-0.15, -0.1) is 0 Å². The predicted molar refractivity (Wildman–Crippen MR) is 72.3 cm³/mol. The summed E-state index contributed by atoms with van der Waals surface area (Å²) in [6.07, 6.45) is 1.64. The molecule has 0 aliphatic carbocycles. The van der Waals surface area contributed by atoms with Crippen LogP contribution in [0.3, 0.4) is 0 Å². The lowest BCUT2D eigenvalue weighted by Crippen LogP contribution is -2.26. The Hall–Kier alpha value is -1.25. The van der Waals surface area contributed by atoms with Gasteiger partial charge in [0.1, 0.15) is 0 Å². The Morgan fingerprint density at radius 1 is 1.26 bits per heavy atom. The van der Waals surface area contributed by atoms with Gasteiger partial charge in [-0.2, -0.15) is 4.98 Å². The summed E-state index contributed by atoms with van der Waals surface area (Å²) in [7, 11) is -3.49. The molecule has 0 spiro atoms. The first-order valence-electron chi connectivity index (χ1n) is 5.52. The van der Waals surface area contributed by atoms with Crippen molar-refractivity contribution >= 4 is 26.0 Å². The summed E-state index contributed by atoms with van der Waals surface area (Å²) < 4.78 is 31.2. The third-order valence-corrected chi connectivity index (χ3v) is 4.55. The van der Waals surface area contributed by atoms with E-state index in [4.69, 9.17) is 4.52 Å². The molecule has 1 heterocycles. The Kier molecular flexibility index (Phi) is 4.67. The highest BCUT2D eigenvalue weighted by molar-refractivity contribution is 9.08. The lowest BCUT2D eigenvalue weighted by atomic mass is 10.2. The van der Waals surface area contributed by atoms with Gasteiger partial charge in [-0.3, -0.25) is 0 Å². The Labute approximate surface area is 119 Å². The van der Waals surface area contributed by atoms with Gasteiger partial charge in [0.2, 0.25) is 15.9 Å². The van der Waals surface area contributed by atoms with Gasteiger partial charge >= 0.3 is 0 Å². The molecule has 0 fully saturated rings. The second-order valence-corrected chi connectivity index (χ2v) is 6.09. The molecule has 0 saturated heterocycles. The molecule has 0 amide bonds. The largest absolute Gasteiger partial charge is 0.340 e. The number of hydrogen-bond acceptors (Lipinski definition) is 5. The van der Waals surface area contributed by atoms with Crippen LogP contribution in [-0.2, 0) is 21.8 Å². The highest BCUT2D eigenvalue weighted by atomic mass is 79.9. The number of halogens is 1. The molecule has 6 nitrogen and oxygen atoms in total. The molecule has 1 N–H and O–H groups in total. The maximum atomic E-state index is 12.0. The molecular formula is C11H12BrN3O3S. The van der Waals surface area contributed by atoms with Crippen LogP contribution in [0.2, 0.25) is 0 Å². The number of nitrogens with zero attached hydrogens (tertiary/aromatic N) is 2. The molecule has 102 valence electrons. The van der Waals surface area contributed by atoms with Crippen molar-refractivity contribution in [2.45, 2.75) is 16.6 Å². The monoisotopic (exact) mass is 345 g/mol. The van der Waals surface area contributed by atoms with Gasteiger partial charge < -0.3 is 4.52 Å². The van der Waals surface area contributed by atoms with Crippen LogP contribution in [0.1, 0.15) is 11.5 Å². The number of nitrogens with one attached hydrogen (secondary N) is 1. The van der Waals surface area contributed by atoms with Crippen LogP contribution in [-0.4, -0.2) is 25.1 Å². The first kappa shape index (κ1) is 14.2. The van der Waals surface area contributed by atoms with Gasteiger partial charge in [-0.1, -0.05) is 33.2 Å². The highest BCUT2D eigenvalue weighted by Gasteiger charge is 2.13. The topological polar surface area (TPSA) is 85.1 Å². The van der Waals surface area contributed by atoms with Crippen LogP contribution >= 0.6 is 15.9 Å². The summed E-state index contributed by atoms with van der Waals surface area (Å²) in [6, 6.07) is 6.68. The Bertz CT molecular complexity index is 611. The molecule has 0 aliphatic rings. The summed E-state index contributed by atoms with van der Waals surface area (Å²) in [4.78, 5) is 4.05.